The SMILES string of the molecule is CC(=O)N1CCNC(C)(C)C1=O. The number of hydrogen-bond acceptors (Lipinski definition) is 3. The van der Waals surface area contributed by atoms with Gasteiger partial charge in [-0.15, -0.1) is 0 Å². The number of rotatable bonds is 0. The second-order valence-corrected chi connectivity index (χ2v) is 3.53. The molecule has 0 aromatic carbocycles. The Morgan fingerprint density at radius 1 is 1.58 bits per heavy atom. The molecule has 0 unspecified atom stereocenters. The van der Waals surface area contributed by atoms with Crippen molar-refractivity contribution in [2.75, 3.05) is 13.1 Å². The van der Waals surface area contributed by atoms with Crippen LogP contribution >= 0.6 is 0 Å². The number of imide groups is 1. The van der Waals surface area contributed by atoms with E-state index in [0.29, 0.717) is 13.1 Å². The molecule has 0 bridgehead atoms. The van der Waals surface area contributed by atoms with Crippen molar-refractivity contribution in [3.8, 4) is 0 Å². The van der Waals surface area contributed by atoms with Crippen LogP contribution < -0.4 is 5.32 Å². The largest absolute Gasteiger partial charge is 0.302 e. The molecular formula is C8H14N2O2. The van der Waals surface area contributed by atoms with Crippen molar-refractivity contribution in [2.24, 2.45) is 0 Å². The Bertz CT molecular complexity index is 223. The van der Waals surface area contributed by atoms with Crippen LogP contribution in [-0.2, 0) is 9.59 Å². The number of carbonyl (C=O) groups is 2. The van der Waals surface area contributed by atoms with Gasteiger partial charge in [0.25, 0.3) is 0 Å². The quantitative estimate of drug-likeness (QED) is 0.545. The Labute approximate surface area is 71.9 Å². The van der Waals surface area contributed by atoms with Crippen molar-refractivity contribution in [2.45, 2.75) is 26.3 Å². The molecule has 0 aliphatic carbocycles. The maximum Gasteiger partial charge on any atom is 0.248 e. The molecule has 1 aliphatic rings. The number of nitrogens with zero attached hydrogens (tertiary/aromatic N) is 1. The summed E-state index contributed by atoms with van der Waals surface area (Å²) in [4.78, 5) is 23.8. The van der Waals surface area contributed by atoms with Crippen molar-refractivity contribution in [3.05, 3.63) is 0 Å². The van der Waals surface area contributed by atoms with Gasteiger partial charge in [0.15, 0.2) is 0 Å². The summed E-state index contributed by atoms with van der Waals surface area (Å²) in [5, 5.41) is 3.05. The first kappa shape index (κ1) is 9.19. The summed E-state index contributed by atoms with van der Waals surface area (Å²) in [6.07, 6.45) is 0. The van der Waals surface area contributed by atoms with Crippen molar-refractivity contribution < 1.29 is 9.59 Å². The third kappa shape index (κ3) is 1.48. The summed E-state index contributed by atoms with van der Waals surface area (Å²) < 4.78 is 0. The minimum atomic E-state index is -0.593. The lowest BCUT2D eigenvalue weighted by Crippen LogP contribution is -2.62. The predicted octanol–water partition coefficient (Wildman–Crippen LogP) is -0.257. The van der Waals surface area contributed by atoms with E-state index in [0.717, 1.165) is 0 Å². The lowest BCUT2D eigenvalue weighted by Gasteiger charge is -2.36. The number of hydrogen-bond donors (Lipinski definition) is 1. The average Bonchev–Trinajstić information content (AvgIpc) is 1.94. The molecule has 2 amide bonds. The lowest BCUT2D eigenvalue weighted by molar-refractivity contribution is -0.149. The van der Waals surface area contributed by atoms with Crippen LogP contribution in [0.1, 0.15) is 20.8 Å². The van der Waals surface area contributed by atoms with Crippen molar-refractivity contribution in [1.29, 1.82) is 0 Å². The highest BCUT2D eigenvalue weighted by molar-refractivity contribution is 5.99. The highest BCUT2D eigenvalue weighted by atomic mass is 16.2. The van der Waals surface area contributed by atoms with E-state index >= 15 is 0 Å². The van der Waals surface area contributed by atoms with Gasteiger partial charge in [0.1, 0.15) is 0 Å². The molecule has 1 N–H and O–H groups in total. The minimum Gasteiger partial charge on any atom is -0.302 e. The zero-order chi connectivity index (χ0) is 9.35. The summed E-state index contributed by atoms with van der Waals surface area (Å²) in [6.45, 7) is 6.14. The summed E-state index contributed by atoms with van der Waals surface area (Å²) in [5.74, 6) is -0.309. The van der Waals surface area contributed by atoms with Crippen molar-refractivity contribution in [3.63, 3.8) is 0 Å². The van der Waals surface area contributed by atoms with Crippen LogP contribution in [0.25, 0.3) is 0 Å². The lowest BCUT2D eigenvalue weighted by atomic mass is 10.0. The molecule has 1 rings (SSSR count). The molecule has 1 aliphatic heterocycles. The van der Waals surface area contributed by atoms with Crippen LogP contribution in [0.2, 0.25) is 0 Å². The fourth-order valence-corrected chi connectivity index (χ4v) is 1.30. The van der Waals surface area contributed by atoms with Gasteiger partial charge in [-0.3, -0.25) is 14.5 Å². The summed E-state index contributed by atoms with van der Waals surface area (Å²) in [7, 11) is 0. The first-order chi connectivity index (χ1) is 5.45. The zero-order valence-electron chi connectivity index (χ0n) is 7.68. The average molecular weight is 170 g/mol. The standard InChI is InChI=1S/C8H14N2O2/c1-6(11)10-5-4-9-8(2,3)7(10)12/h9H,4-5H2,1-3H3. The molecule has 1 heterocycles. The number of nitrogens with one attached hydrogen (secondary N) is 1. The zero-order valence-corrected chi connectivity index (χ0v) is 7.68. The van der Waals surface area contributed by atoms with Gasteiger partial charge in [-0.2, -0.15) is 0 Å². The van der Waals surface area contributed by atoms with Gasteiger partial charge >= 0.3 is 0 Å². The molecule has 68 valence electrons. The van der Waals surface area contributed by atoms with Crippen molar-refractivity contribution >= 4 is 11.8 Å². The Morgan fingerprint density at radius 2 is 2.17 bits per heavy atom. The molecule has 0 spiro atoms. The van der Waals surface area contributed by atoms with Crippen LogP contribution in [0.15, 0.2) is 0 Å². The van der Waals surface area contributed by atoms with Gasteiger partial charge in [-0.1, -0.05) is 0 Å². The van der Waals surface area contributed by atoms with E-state index in [1.54, 1.807) is 13.8 Å². The van der Waals surface area contributed by atoms with Crippen LogP contribution in [0.5, 0.6) is 0 Å². The molecule has 0 aromatic rings. The van der Waals surface area contributed by atoms with Crippen LogP contribution in [0, 0.1) is 0 Å². The first-order valence-electron chi connectivity index (χ1n) is 4.03. The number of piperazine rings is 1. The van der Waals surface area contributed by atoms with E-state index in [1.165, 1.54) is 11.8 Å². The normalized spacial score (nSPS) is 22.6. The third-order valence-corrected chi connectivity index (χ3v) is 2.06. The molecule has 1 fully saturated rings. The Balaban J connectivity index is 2.80. The van der Waals surface area contributed by atoms with Gasteiger partial charge in [0.05, 0.1) is 5.54 Å². The number of amides is 2. The molecule has 4 heteroatoms. The van der Waals surface area contributed by atoms with Gasteiger partial charge < -0.3 is 5.32 Å². The van der Waals surface area contributed by atoms with E-state index in [9.17, 15) is 9.59 Å². The van der Waals surface area contributed by atoms with Gasteiger partial charge in [0.2, 0.25) is 11.8 Å². The van der Waals surface area contributed by atoms with Crippen LogP contribution in [-0.4, -0.2) is 35.3 Å². The third-order valence-electron chi connectivity index (χ3n) is 2.06. The van der Waals surface area contributed by atoms with E-state index < -0.39 is 5.54 Å². The molecule has 12 heavy (non-hydrogen) atoms. The summed E-state index contributed by atoms with van der Waals surface area (Å²) in [6, 6.07) is 0. The fraction of sp³-hybridized carbons (Fsp3) is 0.750. The van der Waals surface area contributed by atoms with E-state index in [4.69, 9.17) is 0 Å². The Morgan fingerprint density at radius 3 is 2.58 bits per heavy atom. The van der Waals surface area contributed by atoms with Gasteiger partial charge in [-0.25, -0.2) is 0 Å². The molecule has 1 saturated heterocycles. The fourth-order valence-electron chi connectivity index (χ4n) is 1.30. The molecule has 0 saturated carbocycles. The predicted molar refractivity (Wildman–Crippen MR) is 44.5 cm³/mol. The second kappa shape index (κ2) is 2.86. The van der Waals surface area contributed by atoms with E-state index in [2.05, 4.69) is 5.32 Å². The monoisotopic (exact) mass is 170 g/mol. The molecule has 0 radical (unpaired) electrons. The Kier molecular flexibility index (Phi) is 2.19. The molecule has 0 atom stereocenters. The summed E-state index contributed by atoms with van der Waals surface area (Å²) >= 11 is 0. The van der Waals surface area contributed by atoms with Gasteiger partial charge in [0, 0.05) is 20.0 Å². The van der Waals surface area contributed by atoms with E-state index in [-0.39, 0.29) is 11.8 Å². The molecule has 0 aromatic heterocycles. The topological polar surface area (TPSA) is 49.4 Å². The van der Waals surface area contributed by atoms with Crippen molar-refractivity contribution in [1.82, 2.24) is 10.2 Å². The van der Waals surface area contributed by atoms with Gasteiger partial charge in [-0.05, 0) is 13.8 Å². The maximum absolute atomic E-state index is 11.5. The van der Waals surface area contributed by atoms with Crippen LogP contribution in [0.4, 0.5) is 0 Å². The second-order valence-electron chi connectivity index (χ2n) is 3.53. The highest BCUT2D eigenvalue weighted by Crippen LogP contribution is 2.11. The van der Waals surface area contributed by atoms with E-state index in [1.807, 2.05) is 0 Å². The Hall–Kier alpha value is -0.900. The number of carbonyl (C=O) groups excluding carboxylic acids is 2. The minimum absolute atomic E-state index is 0.138. The molecule has 4 nitrogen and oxygen atoms in total. The summed E-state index contributed by atoms with van der Waals surface area (Å²) in [5.41, 5.74) is -0.593. The van der Waals surface area contributed by atoms with Crippen LogP contribution in [0.3, 0.4) is 0 Å². The molecular weight excluding hydrogens is 156 g/mol. The smallest absolute Gasteiger partial charge is 0.248 e. The first-order valence-corrected chi connectivity index (χ1v) is 4.03. The maximum atomic E-state index is 11.5. The highest BCUT2D eigenvalue weighted by Gasteiger charge is 2.36.